The van der Waals surface area contributed by atoms with E-state index in [4.69, 9.17) is 23.8 Å². The molecule has 1 unspecified atom stereocenters. The Labute approximate surface area is 160 Å². The predicted molar refractivity (Wildman–Crippen MR) is 107 cm³/mol. The van der Waals surface area contributed by atoms with Gasteiger partial charge in [-0.3, -0.25) is 9.59 Å². The second-order valence-corrected chi connectivity index (χ2v) is 7.88. The molecule has 1 atom stereocenters. The molecule has 2 amide bonds. The Kier molecular flexibility index (Phi) is 5.42. The van der Waals surface area contributed by atoms with Crippen LogP contribution >= 0.6 is 35.6 Å². The number of anilines is 2. The first-order valence-electron chi connectivity index (χ1n) is 7.61. The average molecular weight is 391 g/mol. The molecule has 2 aromatic carbocycles. The van der Waals surface area contributed by atoms with Crippen LogP contribution in [0, 0.1) is 6.92 Å². The molecular weight excluding hydrogens is 376 g/mol. The lowest BCUT2D eigenvalue weighted by Crippen LogP contribution is -2.31. The van der Waals surface area contributed by atoms with Gasteiger partial charge in [-0.25, -0.2) is 4.90 Å². The van der Waals surface area contributed by atoms with Crippen molar-refractivity contribution in [2.45, 2.75) is 18.6 Å². The van der Waals surface area contributed by atoms with E-state index in [1.165, 1.54) is 16.7 Å². The second-order valence-electron chi connectivity index (χ2n) is 5.59. The number of thioether (sulfide) groups is 1. The molecule has 1 heterocycles. The summed E-state index contributed by atoms with van der Waals surface area (Å²) in [7, 11) is 0. The number of hydrogen-bond acceptors (Lipinski definition) is 4. The Hall–Kier alpha value is -1.89. The number of carbonyl (C=O) groups excluding carboxylic acids is 2. The van der Waals surface area contributed by atoms with Crippen molar-refractivity contribution in [3.63, 3.8) is 0 Å². The Morgan fingerprint density at radius 2 is 1.96 bits per heavy atom. The summed E-state index contributed by atoms with van der Waals surface area (Å²) in [6.07, 6.45) is 0.117. The molecule has 1 aliphatic rings. The smallest absolute Gasteiger partial charge is 0.247 e. The fourth-order valence-electron chi connectivity index (χ4n) is 2.49. The monoisotopic (exact) mass is 390 g/mol. The normalized spacial score (nSPS) is 17.0. The van der Waals surface area contributed by atoms with Crippen LogP contribution in [-0.2, 0) is 9.59 Å². The number of hydrogen-bond donors (Lipinski definition) is 1. The summed E-state index contributed by atoms with van der Waals surface area (Å²) < 4.78 is 0.459. The maximum absolute atomic E-state index is 12.7. The highest BCUT2D eigenvalue weighted by molar-refractivity contribution is 8.24. The summed E-state index contributed by atoms with van der Waals surface area (Å²) in [5, 5.41) is 3.06. The van der Waals surface area contributed by atoms with Crippen molar-refractivity contribution in [1.82, 2.24) is 0 Å². The number of carbonyl (C=O) groups is 2. The van der Waals surface area contributed by atoms with Gasteiger partial charge in [0.05, 0.1) is 5.69 Å². The predicted octanol–water partition coefficient (Wildman–Crippen LogP) is 4.41. The number of imide groups is 1. The van der Waals surface area contributed by atoms with Gasteiger partial charge in [0.1, 0.15) is 9.57 Å². The summed E-state index contributed by atoms with van der Waals surface area (Å²) in [4.78, 5) is 26.2. The standard InChI is InChI=1S/C18H15ClN2O2S2/c1-11-7-8-13(9-14(11)19)21-16(22)10-15(17(21)23)25-18(24)20-12-5-3-2-4-6-12/h2-9,15H,10H2,1H3,(H,20,24). The molecular formula is C18H15ClN2O2S2. The largest absolute Gasteiger partial charge is 0.341 e. The zero-order valence-corrected chi connectivity index (χ0v) is 15.8. The molecule has 1 N–H and O–H groups in total. The topological polar surface area (TPSA) is 49.4 Å². The molecule has 25 heavy (non-hydrogen) atoms. The van der Waals surface area contributed by atoms with Gasteiger partial charge >= 0.3 is 0 Å². The minimum Gasteiger partial charge on any atom is -0.341 e. The van der Waals surface area contributed by atoms with E-state index < -0.39 is 5.25 Å². The molecule has 0 bridgehead atoms. The number of halogens is 1. The van der Waals surface area contributed by atoms with E-state index in [2.05, 4.69) is 5.32 Å². The Morgan fingerprint density at radius 3 is 2.64 bits per heavy atom. The molecule has 3 rings (SSSR count). The molecule has 128 valence electrons. The molecule has 0 aromatic heterocycles. The molecule has 7 heteroatoms. The second kappa shape index (κ2) is 7.56. The van der Waals surface area contributed by atoms with E-state index in [0.717, 1.165) is 11.3 Å². The van der Waals surface area contributed by atoms with Crippen LogP contribution in [0.25, 0.3) is 0 Å². The van der Waals surface area contributed by atoms with Gasteiger partial charge in [-0.1, -0.05) is 59.8 Å². The third-order valence-corrected chi connectivity index (χ3v) is 5.56. The minimum absolute atomic E-state index is 0.117. The molecule has 0 radical (unpaired) electrons. The van der Waals surface area contributed by atoms with Crippen molar-refractivity contribution in [3.8, 4) is 0 Å². The average Bonchev–Trinajstić information content (AvgIpc) is 2.85. The Morgan fingerprint density at radius 1 is 1.24 bits per heavy atom. The highest BCUT2D eigenvalue weighted by Gasteiger charge is 2.40. The summed E-state index contributed by atoms with van der Waals surface area (Å²) in [5.74, 6) is -0.517. The van der Waals surface area contributed by atoms with Crippen LogP contribution in [0.3, 0.4) is 0 Å². The van der Waals surface area contributed by atoms with Crippen molar-refractivity contribution >= 4 is 63.1 Å². The number of amides is 2. The van der Waals surface area contributed by atoms with Crippen molar-refractivity contribution in [3.05, 3.63) is 59.1 Å². The number of rotatable bonds is 3. The van der Waals surface area contributed by atoms with Crippen LogP contribution in [0.15, 0.2) is 48.5 Å². The van der Waals surface area contributed by atoms with Crippen LogP contribution in [0.2, 0.25) is 5.02 Å². The van der Waals surface area contributed by atoms with Gasteiger partial charge < -0.3 is 5.32 Å². The van der Waals surface area contributed by atoms with Gasteiger partial charge in [-0.15, -0.1) is 0 Å². The quantitative estimate of drug-likeness (QED) is 0.621. The SMILES string of the molecule is Cc1ccc(N2C(=O)CC(SC(=S)Nc3ccccc3)C2=O)cc1Cl. The number of nitrogens with one attached hydrogen (secondary N) is 1. The van der Waals surface area contributed by atoms with E-state index in [1.54, 1.807) is 18.2 Å². The van der Waals surface area contributed by atoms with Crippen molar-refractivity contribution in [1.29, 1.82) is 0 Å². The third-order valence-electron chi connectivity index (χ3n) is 3.79. The van der Waals surface area contributed by atoms with Crippen LogP contribution in [0.4, 0.5) is 11.4 Å². The van der Waals surface area contributed by atoms with Crippen LogP contribution in [-0.4, -0.2) is 21.4 Å². The number of nitrogens with zero attached hydrogens (tertiary/aromatic N) is 1. The molecule has 0 spiro atoms. The van der Waals surface area contributed by atoms with Gasteiger partial charge in [-0.05, 0) is 36.8 Å². The molecule has 1 fully saturated rings. The Balaban J connectivity index is 1.70. The highest BCUT2D eigenvalue weighted by atomic mass is 35.5. The van der Waals surface area contributed by atoms with Gasteiger partial charge in [-0.2, -0.15) is 0 Å². The van der Waals surface area contributed by atoms with Crippen molar-refractivity contribution < 1.29 is 9.59 Å². The maximum Gasteiger partial charge on any atom is 0.247 e. The van der Waals surface area contributed by atoms with Gasteiger partial charge in [0, 0.05) is 17.1 Å². The van der Waals surface area contributed by atoms with E-state index in [0.29, 0.717) is 15.0 Å². The van der Waals surface area contributed by atoms with Crippen LogP contribution < -0.4 is 10.2 Å². The summed E-state index contributed by atoms with van der Waals surface area (Å²) in [6.45, 7) is 1.87. The maximum atomic E-state index is 12.7. The molecule has 1 aliphatic heterocycles. The van der Waals surface area contributed by atoms with Gasteiger partial charge in [0.25, 0.3) is 0 Å². The number of benzene rings is 2. The lowest BCUT2D eigenvalue weighted by atomic mass is 10.2. The zero-order valence-electron chi connectivity index (χ0n) is 13.4. The fraction of sp³-hybridized carbons (Fsp3) is 0.167. The van der Waals surface area contributed by atoms with E-state index in [-0.39, 0.29) is 18.2 Å². The Bertz CT molecular complexity index is 842. The highest BCUT2D eigenvalue weighted by Crippen LogP contribution is 2.32. The van der Waals surface area contributed by atoms with Crippen molar-refractivity contribution in [2.24, 2.45) is 0 Å². The van der Waals surface area contributed by atoms with Crippen LogP contribution in [0.5, 0.6) is 0 Å². The molecule has 0 saturated carbocycles. The van der Waals surface area contributed by atoms with Crippen LogP contribution in [0.1, 0.15) is 12.0 Å². The molecule has 4 nitrogen and oxygen atoms in total. The summed E-state index contributed by atoms with van der Waals surface area (Å²) in [5.41, 5.74) is 2.23. The first-order valence-corrected chi connectivity index (χ1v) is 9.28. The molecule has 0 aliphatic carbocycles. The van der Waals surface area contributed by atoms with Crippen molar-refractivity contribution in [2.75, 3.05) is 10.2 Å². The van der Waals surface area contributed by atoms with Gasteiger partial charge in [0.15, 0.2) is 0 Å². The molecule has 2 aromatic rings. The van der Waals surface area contributed by atoms with E-state index in [1.807, 2.05) is 37.3 Å². The summed E-state index contributed by atoms with van der Waals surface area (Å²) >= 11 is 12.6. The van der Waals surface area contributed by atoms with E-state index in [9.17, 15) is 9.59 Å². The first kappa shape index (κ1) is 17.9. The zero-order chi connectivity index (χ0) is 18.0. The summed E-state index contributed by atoms with van der Waals surface area (Å²) in [6, 6.07) is 14.6. The van der Waals surface area contributed by atoms with E-state index >= 15 is 0 Å². The minimum atomic E-state index is -0.531. The lowest BCUT2D eigenvalue weighted by molar-refractivity contribution is -0.121. The van der Waals surface area contributed by atoms with Gasteiger partial charge in [0.2, 0.25) is 11.8 Å². The third kappa shape index (κ3) is 4.03. The number of para-hydroxylation sites is 1. The number of thiocarbonyl (C=S) groups is 1. The number of aryl methyl sites for hydroxylation is 1. The fourth-order valence-corrected chi connectivity index (χ4v) is 3.99. The first-order chi connectivity index (χ1) is 12.0. The molecule has 1 saturated heterocycles. The lowest BCUT2D eigenvalue weighted by Gasteiger charge is -2.16.